The third kappa shape index (κ3) is 4.31. The molecule has 0 saturated carbocycles. The summed E-state index contributed by atoms with van der Waals surface area (Å²) in [6, 6.07) is 3.87. The summed E-state index contributed by atoms with van der Waals surface area (Å²) in [6.45, 7) is 9.88. The first-order valence-corrected chi connectivity index (χ1v) is 10.4. The number of carbonyl (C=O) groups is 1. The molecule has 0 aliphatic carbocycles. The van der Waals surface area contributed by atoms with Crippen molar-refractivity contribution < 1.29 is 24.9 Å². The van der Waals surface area contributed by atoms with E-state index in [0.29, 0.717) is 18.4 Å². The third-order valence-electron chi connectivity index (χ3n) is 6.29. The molecule has 5 N–H and O–H groups in total. The molecule has 0 bridgehead atoms. The first-order valence-electron chi connectivity index (χ1n) is 10.4. The highest BCUT2D eigenvalue weighted by molar-refractivity contribution is 5.99. The molecule has 0 spiro atoms. The Morgan fingerprint density at radius 2 is 1.78 bits per heavy atom. The van der Waals surface area contributed by atoms with Gasteiger partial charge in [-0.05, 0) is 86.6 Å². The maximum atomic E-state index is 12.9. The van der Waals surface area contributed by atoms with Crippen molar-refractivity contribution >= 4 is 18.1 Å². The van der Waals surface area contributed by atoms with Crippen molar-refractivity contribution in [2.24, 2.45) is 15.7 Å². The lowest BCUT2D eigenvalue weighted by molar-refractivity contribution is -0.133. The number of hydrogen-bond acceptors (Lipinski definition) is 5. The van der Waals surface area contributed by atoms with Gasteiger partial charge in [0.2, 0.25) is 5.96 Å². The van der Waals surface area contributed by atoms with Gasteiger partial charge in [-0.3, -0.25) is 4.79 Å². The zero-order valence-electron chi connectivity index (χ0n) is 18.9. The Morgan fingerprint density at radius 1 is 1.12 bits per heavy atom. The fourth-order valence-corrected chi connectivity index (χ4v) is 3.79. The van der Waals surface area contributed by atoms with Crippen LogP contribution < -0.4 is 10.5 Å². The molecule has 0 fully saturated rings. The van der Waals surface area contributed by atoms with Gasteiger partial charge in [0.1, 0.15) is 11.9 Å². The summed E-state index contributed by atoms with van der Waals surface area (Å²) in [5.74, 6) is -0.814. The Morgan fingerprint density at radius 3 is 2.44 bits per heavy atom. The van der Waals surface area contributed by atoms with Gasteiger partial charge < -0.3 is 25.8 Å². The van der Waals surface area contributed by atoms with E-state index in [1.807, 2.05) is 13.8 Å². The Balaban J connectivity index is 1.78. The zero-order valence-corrected chi connectivity index (χ0v) is 18.9. The van der Waals surface area contributed by atoms with Crippen molar-refractivity contribution in [1.82, 2.24) is 0 Å². The molecule has 2 unspecified atom stereocenters. The number of amides is 1. The van der Waals surface area contributed by atoms with Gasteiger partial charge in [0, 0.05) is 12.6 Å². The van der Waals surface area contributed by atoms with E-state index < -0.39 is 17.6 Å². The summed E-state index contributed by atoms with van der Waals surface area (Å²) in [6.07, 6.45) is 1.03. The van der Waals surface area contributed by atoms with Crippen LogP contribution in [0.1, 0.15) is 52.8 Å². The van der Waals surface area contributed by atoms with E-state index >= 15 is 0 Å². The number of guanidine groups is 1. The number of aliphatic imine (C=N–C) groups is 2. The number of benzene rings is 2. The molecule has 3 rings (SSSR count). The van der Waals surface area contributed by atoms with Gasteiger partial charge in [0.25, 0.3) is 5.91 Å². The minimum atomic E-state index is -1.21. The SMILES string of the molecule is Cc1c(C)c(C)c2c(c1C)CCC(C)(C(=O)N=C(N)N=CC(O)c1ccc(O)c(O)c1)O2. The number of nitrogens with two attached hydrogens (primary N) is 1. The maximum absolute atomic E-state index is 12.9. The van der Waals surface area contributed by atoms with Gasteiger partial charge in [-0.15, -0.1) is 0 Å². The summed E-state index contributed by atoms with van der Waals surface area (Å²) in [7, 11) is 0. The Bertz CT molecular complexity index is 1140. The first kappa shape index (κ1) is 23.3. The average Bonchev–Trinajstić information content (AvgIpc) is 2.76. The molecule has 1 amide bonds. The van der Waals surface area contributed by atoms with Crippen molar-refractivity contribution in [1.29, 1.82) is 0 Å². The van der Waals surface area contributed by atoms with Gasteiger partial charge in [-0.2, -0.15) is 4.99 Å². The predicted molar refractivity (Wildman–Crippen MR) is 123 cm³/mol. The Labute approximate surface area is 187 Å². The van der Waals surface area contributed by atoms with Gasteiger partial charge in [-0.1, -0.05) is 6.07 Å². The number of fused-ring (bicyclic) bond motifs is 1. The molecule has 1 heterocycles. The highest BCUT2D eigenvalue weighted by atomic mass is 16.5. The second-order valence-corrected chi connectivity index (χ2v) is 8.39. The number of hydrogen-bond donors (Lipinski definition) is 4. The number of aliphatic hydroxyl groups is 1. The normalized spacial score (nSPS) is 19.5. The number of nitrogens with zero attached hydrogens (tertiary/aromatic N) is 2. The van der Waals surface area contributed by atoms with Crippen molar-refractivity contribution in [2.45, 2.75) is 59.2 Å². The Hall–Kier alpha value is -3.39. The predicted octanol–water partition coefficient (Wildman–Crippen LogP) is 3.06. The minimum Gasteiger partial charge on any atom is -0.504 e. The Kier molecular flexibility index (Phi) is 6.27. The van der Waals surface area contributed by atoms with Gasteiger partial charge in [-0.25, -0.2) is 4.99 Å². The fourth-order valence-electron chi connectivity index (χ4n) is 3.79. The number of phenols is 2. The molecule has 170 valence electrons. The molecule has 1 aliphatic rings. The lowest BCUT2D eigenvalue weighted by Crippen LogP contribution is -2.44. The fraction of sp³-hybridized carbons (Fsp3) is 0.375. The summed E-state index contributed by atoms with van der Waals surface area (Å²) < 4.78 is 6.18. The summed E-state index contributed by atoms with van der Waals surface area (Å²) in [4.78, 5) is 20.6. The molecule has 2 atom stereocenters. The standard InChI is InChI=1S/C24H29N3O5/c1-12-13(2)15(4)21-17(14(12)3)8-9-24(5,32-21)22(31)27-23(25)26-11-20(30)16-6-7-18(28)19(29)10-16/h6-7,10-11,20,28-30H,8-9H2,1-5H3,(H2,25,27,31). The van der Waals surface area contributed by atoms with E-state index in [0.717, 1.165) is 28.7 Å². The molecule has 1 aliphatic heterocycles. The number of rotatable bonds is 3. The van der Waals surface area contributed by atoms with Crippen molar-refractivity contribution in [3.63, 3.8) is 0 Å². The van der Waals surface area contributed by atoms with Crippen LogP contribution >= 0.6 is 0 Å². The van der Waals surface area contributed by atoms with Crippen LogP contribution in [0.15, 0.2) is 28.2 Å². The number of carbonyl (C=O) groups excluding carboxylic acids is 1. The smallest absolute Gasteiger partial charge is 0.292 e. The second kappa shape index (κ2) is 8.63. The van der Waals surface area contributed by atoms with Gasteiger partial charge in [0.05, 0.1) is 0 Å². The molecule has 8 nitrogen and oxygen atoms in total. The quantitative estimate of drug-likeness (QED) is 0.329. The molecule has 2 aromatic rings. The topological polar surface area (TPSA) is 138 Å². The van der Waals surface area contributed by atoms with Crippen LogP contribution in [0.4, 0.5) is 0 Å². The second-order valence-electron chi connectivity index (χ2n) is 8.39. The average molecular weight is 440 g/mol. The number of ether oxygens (including phenoxy) is 1. The number of phenolic OH excluding ortho intramolecular Hbond substituents is 2. The van der Waals surface area contributed by atoms with Crippen LogP contribution in [0.5, 0.6) is 17.2 Å². The van der Waals surface area contributed by atoms with Crippen LogP contribution in [0, 0.1) is 27.7 Å². The van der Waals surface area contributed by atoms with Gasteiger partial charge >= 0.3 is 0 Å². The van der Waals surface area contributed by atoms with E-state index in [1.54, 1.807) is 6.92 Å². The number of aromatic hydroxyl groups is 2. The summed E-state index contributed by atoms with van der Waals surface area (Å²) in [5.41, 5.74) is 10.6. The summed E-state index contributed by atoms with van der Waals surface area (Å²) >= 11 is 0. The van der Waals surface area contributed by atoms with Crippen LogP contribution in [0.25, 0.3) is 0 Å². The van der Waals surface area contributed by atoms with Crippen molar-refractivity contribution in [2.75, 3.05) is 0 Å². The van der Waals surface area contributed by atoms with Crippen LogP contribution in [-0.4, -0.2) is 39.0 Å². The van der Waals surface area contributed by atoms with E-state index in [9.17, 15) is 20.1 Å². The molecule has 0 saturated heterocycles. The van der Waals surface area contributed by atoms with Crippen molar-refractivity contribution in [3.8, 4) is 17.2 Å². The lowest BCUT2D eigenvalue weighted by atomic mass is 9.85. The van der Waals surface area contributed by atoms with Crippen molar-refractivity contribution in [3.05, 3.63) is 51.6 Å². The molecule has 8 heteroatoms. The van der Waals surface area contributed by atoms with Gasteiger partial charge in [0.15, 0.2) is 17.1 Å². The van der Waals surface area contributed by atoms with E-state index in [4.69, 9.17) is 10.5 Å². The highest BCUT2D eigenvalue weighted by Crippen LogP contribution is 2.41. The highest BCUT2D eigenvalue weighted by Gasteiger charge is 2.40. The van der Waals surface area contributed by atoms with Crippen LogP contribution in [0.3, 0.4) is 0 Å². The van der Waals surface area contributed by atoms with Crippen LogP contribution in [0.2, 0.25) is 0 Å². The van der Waals surface area contributed by atoms with E-state index in [2.05, 4.69) is 23.8 Å². The largest absolute Gasteiger partial charge is 0.504 e. The van der Waals surface area contributed by atoms with Crippen LogP contribution in [-0.2, 0) is 11.2 Å². The molecule has 2 aromatic carbocycles. The van der Waals surface area contributed by atoms with E-state index in [-0.39, 0.29) is 17.5 Å². The molecular formula is C24H29N3O5. The zero-order chi connectivity index (χ0) is 23.8. The molecule has 0 radical (unpaired) electrons. The molecule has 0 aromatic heterocycles. The lowest BCUT2D eigenvalue weighted by Gasteiger charge is -2.35. The first-order chi connectivity index (χ1) is 14.9. The summed E-state index contributed by atoms with van der Waals surface area (Å²) in [5, 5.41) is 29.1. The maximum Gasteiger partial charge on any atom is 0.292 e. The molecule has 32 heavy (non-hydrogen) atoms. The number of aliphatic hydroxyl groups excluding tert-OH is 1. The monoisotopic (exact) mass is 439 g/mol. The minimum absolute atomic E-state index is 0.291. The molecular weight excluding hydrogens is 410 g/mol. The van der Waals surface area contributed by atoms with E-state index in [1.165, 1.54) is 29.3 Å². The third-order valence-corrected chi connectivity index (χ3v) is 6.29.